The molecule has 1 aromatic rings. The number of primary amides is 1. The number of carbonyl (C=O) groups is 1. The van der Waals surface area contributed by atoms with Gasteiger partial charge in [-0.15, -0.1) is 0 Å². The zero-order valence-electron chi connectivity index (χ0n) is 11.6. The summed E-state index contributed by atoms with van der Waals surface area (Å²) in [5.74, 6) is 0.452. The van der Waals surface area contributed by atoms with E-state index in [1.165, 1.54) is 12.8 Å². The van der Waals surface area contributed by atoms with Crippen LogP contribution in [0.4, 0.5) is 0 Å². The molecule has 4 nitrogen and oxygen atoms in total. The first-order valence-electron chi connectivity index (χ1n) is 6.95. The number of amides is 1. The molecule has 1 heterocycles. The van der Waals surface area contributed by atoms with E-state index < -0.39 is 0 Å². The van der Waals surface area contributed by atoms with Crippen LogP contribution in [0.1, 0.15) is 28.8 Å². The zero-order valence-corrected chi connectivity index (χ0v) is 11.6. The maximum absolute atomic E-state index is 11.4. The van der Waals surface area contributed by atoms with Crippen molar-refractivity contribution in [1.82, 2.24) is 10.2 Å². The van der Waals surface area contributed by atoms with Crippen LogP contribution in [-0.2, 0) is 6.54 Å². The van der Waals surface area contributed by atoms with Crippen LogP contribution in [0, 0.1) is 5.92 Å². The fourth-order valence-corrected chi connectivity index (χ4v) is 2.78. The van der Waals surface area contributed by atoms with Crippen molar-refractivity contribution in [3.63, 3.8) is 0 Å². The minimum atomic E-state index is -0.333. The first kappa shape index (κ1) is 14.0. The van der Waals surface area contributed by atoms with Gasteiger partial charge in [-0.3, -0.25) is 9.69 Å². The first-order chi connectivity index (χ1) is 9.20. The van der Waals surface area contributed by atoms with Crippen LogP contribution in [-0.4, -0.2) is 37.5 Å². The highest BCUT2D eigenvalue weighted by Crippen LogP contribution is 2.19. The van der Waals surface area contributed by atoms with Crippen molar-refractivity contribution in [3.05, 3.63) is 35.4 Å². The third kappa shape index (κ3) is 3.78. The lowest BCUT2D eigenvalue weighted by Gasteiger charge is -2.32. The van der Waals surface area contributed by atoms with Gasteiger partial charge in [-0.2, -0.15) is 0 Å². The topological polar surface area (TPSA) is 58.4 Å². The van der Waals surface area contributed by atoms with E-state index in [1.807, 2.05) is 31.3 Å². The van der Waals surface area contributed by atoms with Crippen LogP contribution in [0.15, 0.2) is 24.3 Å². The van der Waals surface area contributed by atoms with Gasteiger partial charge in [0.05, 0.1) is 0 Å². The Morgan fingerprint density at radius 3 is 2.68 bits per heavy atom. The normalized spacial score (nSPS) is 17.5. The lowest BCUT2D eigenvalue weighted by molar-refractivity contribution is 0.0997. The zero-order chi connectivity index (χ0) is 13.7. The van der Waals surface area contributed by atoms with E-state index in [1.54, 1.807) is 0 Å². The van der Waals surface area contributed by atoms with Gasteiger partial charge in [0.15, 0.2) is 0 Å². The average Bonchev–Trinajstić information content (AvgIpc) is 2.42. The highest BCUT2D eigenvalue weighted by Gasteiger charge is 2.19. The molecule has 1 aliphatic rings. The molecule has 1 aromatic carbocycles. The number of benzene rings is 1. The molecular formula is C15H23N3O. The molecule has 0 aromatic heterocycles. The van der Waals surface area contributed by atoms with Crippen molar-refractivity contribution < 1.29 is 4.79 Å². The fraction of sp³-hybridized carbons (Fsp3) is 0.533. The van der Waals surface area contributed by atoms with Crippen molar-refractivity contribution in [1.29, 1.82) is 0 Å². The van der Waals surface area contributed by atoms with Crippen molar-refractivity contribution in [2.75, 3.05) is 26.7 Å². The molecule has 1 fully saturated rings. The van der Waals surface area contributed by atoms with Gasteiger partial charge in [0.2, 0.25) is 5.91 Å². The van der Waals surface area contributed by atoms with Crippen LogP contribution >= 0.6 is 0 Å². The number of carbonyl (C=O) groups excluding carboxylic acids is 1. The monoisotopic (exact) mass is 261 g/mol. The van der Waals surface area contributed by atoms with Gasteiger partial charge < -0.3 is 11.1 Å². The molecule has 0 unspecified atom stereocenters. The van der Waals surface area contributed by atoms with E-state index in [2.05, 4.69) is 10.2 Å². The summed E-state index contributed by atoms with van der Waals surface area (Å²) in [4.78, 5) is 13.8. The van der Waals surface area contributed by atoms with Crippen molar-refractivity contribution >= 4 is 5.91 Å². The first-order valence-corrected chi connectivity index (χ1v) is 6.95. The second-order valence-electron chi connectivity index (χ2n) is 5.30. The van der Waals surface area contributed by atoms with Gasteiger partial charge in [-0.1, -0.05) is 18.2 Å². The molecule has 1 aliphatic heterocycles. The van der Waals surface area contributed by atoms with Crippen molar-refractivity contribution in [2.45, 2.75) is 19.4 Å². The fourth-order valence-electron chi connectivity index (χ4n) is 2.78. The minimum absolute atomic E-state index is 0.333. The second-order valence-corrected chi connectivity index (χ2v) is 5.30. The Labute approximate surface area is 115 Å². The molecule has 0 radical (unpaired) electrons. The molecule has 0 atom stereocenters. The van der Waals surface area contributed by atoms with E-state index in [9.17, 15) is 4.79 Å². The summed E-state index contributed by atoms with van der Waals surface area (Å²) in [5.41, 5.74) is 7.11. The maximum Gasteiger partial charge on any atom is 0.249 e. The Hall–Kier alpha value is -1.39. The molecule has 1 amide bonds. The lowest BCUT2D eigenvalue weighted by Crippen LogP contribution is -2.36. The van der Waals surface area contributed by atoms with Gasteiger partial charge in [0.25, 0.3) is 0 Å². The third-order valence-corrected chi connectivity index (χ3v) is 3.88. The predicted molar refractivity (Wildman–Crippen MR) is 76.9 cm³/mol. The molecule has 0 saturated carbocycles. The van der Waals surface area contributed by atoms with Crippen LogP contribution in [0.3, 0.4) is 0 Å². The van der Waals surface area contributed by atoms with E-state index in [4.69, 9.17) is 5.73 Å². The number of nitrogens with zero attached hydrogens (tertiary/aromatic N) is 1. The van der Waals surface area contributed by atoms with Crippen LogP contribution in [0.25, 0.3) is 0 Å². The summed E-state index contributed by atoms with van der Waals surface area (Å²) < 4.78 is 0. The molecule has 19 heavy (non-hydrogen) atoms. The summed E-state index contributed by atoms with van der Waals surface area (Å²) in [7, 11) is 2.01. The van der Waals surface area contributed by atoms with Gasteiger partial charge >= 0.3 is 0 Å². The summed E-state index contributed by atoms with van der Waals surface area (Å²) >= 11 is 0. The molecule has 0 spiro atoms. The van der Waals surface area contributed by atoms with Crippen molar-refractivity contribution in [3.8, 4) is 0 Å². The largest absolute Gasteiger partial charge is 0.366 e. The Morgan fingerprint density at radius 1 is 1.37 bits per heavy atom. The number of piperidine rings is 1. The molecule has 4 heteroatoms. The van der Waals surface area contributed by atoms with E-state index in [-0.39, 0.29) is 5.91 Å². The highest BCUT2D eigenvalue weighted by molar-refractivity contribution is 5.94. The van der Waals surface area contributed by atoms with Gasteiger partial charge in [-0.25, -0.2) is 0 Å². The van der Waals surface area contributed by atoms with E-state index in [0.717, 1.165) is 37.7 Å². The van der Waals surface area contributed by atoms with Crippen LogP contribution in [0.5, 0.6) is 0 Å². The molecule has 3 N–H and O–H groups in total. The second kappa shape index (κ2) is 6.68. The van der Waals surface area contributed by atoms with Gasteiger partial charge in [-0.05, 0) is 57.1 Å². The van der Waals surface area contributed by atoms with Crippen LogP contribution < -0.4 is 11.1 Å². The maximum atomic E-state index is 11.4. The van der Waals surface area contributed by atoms with Crippen molar-refractivity contribution in [2.24, 2.45) is 11.7 Å². The molecule has 104 valence electrons. The average molecular weight is 261 g/mol. The quantitative estimate of drug-likeness (QED) is 0.838. The summed E-state index contributed by atoms with van der Waals surface area (Å²) in [6.45, 7) is 4.12. The summed E-state index contributed by atoms with van der Waals surface area (Å²) in [6.07, 6.45) is 2.44. The number of rotatable bonds is 5. The summed E-state index contributed by atoms with van der Waals surface area (Å²) in [6, 6.07) is 7.64. The molecular weight excluding hydrogens is 238 g/mol. The Balaban J connectivity index is 1.94. The Bertz CT molecular complexity index is 425. The summed E-state index contributed by atoms with van der Waals surface area (Å²) in [5, 5.41) is 3.25. The Morgan fingerprint density at radius 2 is 2.05 bits per heavy atom. The minimum Gasteiger partial charge on any atom is -0.366 e. The third-order valence-electron chi connectivity index (χ3n) is 3.88. The molecule has 1 saturated heterocycles. The Kier molecular flexibility index (Phi) is 4.93. The number of hydrogen-bond donors (Lipinski definition) is 2. The van der Waals surface area contributed by atoms with E-state index in [0.29, 0.717) is 5.56 Å². The van der Waals surface area contributed by atoms with Gasteiger partial charge in [0.1, 0.15) is 0 Å². The number of nitrogens with one attached hydrogen (secondary N) is 1. The van der Waals surface area contributed by atoms with Gasteiger partial charge in [0, 0.05) is 12.1 Å². The number of hydrogen-bond acceptors (Lipinski definition) is 3. The highest BCUT2D eigenvalue weighted by atomic mass is 16.1. The molecule has 0 aliphatic carbocycles. The smallest absolute Gasteiger partial charge is 0.249 e. The standard InChI is InChI=1S/C15H23N3O/c1-17-10-12-6-8-18(9-7-12)11-13-4-2-3-5-14(13)15(16)19/h2-5,12,17H,6-11H2,1H3,(H2,16,19). The van der Waals surface area contributed by atoms with Crippen LogP contribution in [0.2, 0.25) is 0 Å². The molecule has 2 rings (SSSR count). The van der Waals surface area contributed by atoms with E-state index >= 15 is 0 Å². The lowest BCUT2D eigenvalue weighted by atomic mass is 9.96. The predicted octanol–water partition coefficient (Wildman–Crippen LogP) is 1.22. The SMILES string of the molecule is CNCC1CCN(Cc2ccccc2C(N)=O)CC1. The number of likely N-dealkylation sites (tertiary alicyclic amines) is 1. The molecule has 0 bridgehead atoms. The number of nitrogens with two attached hydrogens (primary N) is 1.